The number of aromatic nitrogens is 1. The normalized spacial score (nSPS) is 14.6. The maximum atomic E-state index is 10.5. The van der Waals surface area contributed by atoms with Crippen LogP contribution in [-0.4, -0.2) is 28.9 Å². The summed E-state index contributed by atoms with van der Waals surface area (Å²) >= 11 is 0. The van der Waals surface area contributed by atoms with Gasteiger partial charge in [-0.15, -0.1) is 0 Å². The van der Waals surface area contributed by atoms with Gasteiger partial charge in [-0.25, -0.2) is 0 Å². The highest BCUT2D eigenvalue weighted by Crippen LogP contribution is 2.22. The SMILES string of the molecule is CC(C)CC[NH+](Cc1cccn1Cc1ccc(C(C)(C)C)cc1)C[C@@H](O)C(C)C. The predicted octanol–water partition coefficient (Wildman–Crippen LogP) is 4.28. The van der Waals surface area contributed by atoms with Crippen molar-refractivity contribution in [2.45, 2.75) is 79.5 Å². The van der Waals surface area contributed by atoms with E-state index in [0.29, 0.717) is 11.8 Å². The second-order valence-corrected chi connectivity index (χ2v) is 10.4. The summed E-state index contributed by atoms with van der Waals surface area (Å²) in [6.07, 6.45) is 3.13. The summed E-state index contributed by atoms with van der Waals surface area (Å²) in [6, 6.07) is 13.4. The van der Waals surface area contributed by atoms with Crippen molar-refractivity contribution in [1.82, 2.24) is 4.57 Å². The smallest absolute Gasteiger partial charge is 0.118 e. The third-order valence-electron chi connectivity index (χ3n) is 5.87. The number of rotatable bonds is 10. The fourth-order valence-electron chi connectivity index (χ4n) is 3.61. The van der Waals surface area contributed by atoms with Crippen molar-refractivity contribution in [2.75, 3.05) is 13.1 Å². The molecule has 162 valence electrons. The van der Waals surface area contributed by atoms with Crippen LogP contribution < -0.4 is 4.90 Å². The summed E-state index contributed by atoms with van der Waals surface area (Å²) < 4.78 is 2.36. The van der Waals surface area contributed by atoms with E-state index in [9.17, 15) is 5.11 Å². The molecule has 2 rings (SSSR count). The first-order chi connectivity index (χ1) is 13.6. The molecule has 29 heavy (non-hydrogen) atoms. The number of hydrogen-bond donors (Lipinski definition) is 2. The maximum Gasteiger partial charge on any atom is 0.118 e. The number of nitrogens with zero attached hydrogens (tertiary/aromatic N) is 1. The minimum absolute atomic E-state index is 0.189. The number of aliphatic hydroxyl groups is 1. The first-order valence-corrected chi connectivity index (χ1v) is 11.3. The molecule has 0 radical (unpaired) electrons. The fraction of sp³-hybridized carbons (Fsp3) is 0.615. The van der Waals surface area contributed by atoms with Gasteiger partial charge in [0.15, 0.2) is 0 Å². The first-order valence-electron chi connectivity index (χ1n) is 11.3. The highest BCUT2D eigenvalue weighted by atomic mass is 16.3. The summed E-state index contributed by atoms with van der Waals surface area (Å²) in [7, 11) is 0. The van der Waals surface area contributed by atoms with Gasteiger partial charge in [0.25, 0.3) is 0 Å². The summed E-state index contributed by atoms with van der Waals surface area (Å²) in [6.45, 7) is 19.3. The number of aliphatic hydroxyl groups excluding tert-OH is 1. The summed E-state index contributed by atoms with van der Waals surface area (Å²) in [5, 5.41) is 10.5. The Hall–Kier alpha value is -1.58. The average Bonchev–Trinajstić information content (AvgIpc) is 3.05. The molecule has 0 aliphatic rings. The average molecular weight is 400 g/mol. The van der Waals surface area contributed by atoms with Gasteiger partial charge in [-0.05, 0) is 46.9 Å². The zero-order valence-electron chi connectivity index (χ0n) is 19.7. The van der Waals surface area contributed by atoms with E-state index in [0.717, 1.165) is 26.2 Å². The molecule has 0 spiro atoms. The van der Waals surface area contributed by atoms with Crippen molar-refractivity contribution in [3.8, 4) is 0 Å². The van der Waals surface area contributed by atoms with E-state index in [4.69, 9.17) is 0 Å². The molecule has 1 aromatic carbocycles. The number of nitrogens with one attached hydrogen (secondary N) is 1. The van der Waals surface area contributed by atoms with E-state index in [-0.39, 0.29) is 11.5 Å². The lowest BCUT2D eigenvalue weighted by Gasteiger charge is -2.25. The third-order valence-corrected chi connectivity index (χ3v) is 5.87. The molecule has 2 aromatic rings. The van der Waals surface area contributed by atoms with Crippen LogP contribution in [0, 0.1) is 11.8 Å². The van der Waals surface area contributed by atoms with Gasteiger partial charge in [-0.2, -0.15) is 0 Å². The Morgan fingerprint density at radius 1 is 1.00 bits per heavy atom. The zero-order chi connectivity index (χ0) is 21.6. The fourth-order valence-corrected chi connectivity index (χ4v) is 3.61. The van der Waals surface area contributed by atoms with Crippen LogP contribution in [0.4, 0.5) is 0 Å². The highest BCUT2D eigenvalue weighted by Gasteiger charge is 2.20. The molecule has 2 N–H and O–H groups in total. The first kappa shape index (κ1) is 23.7. The van der Waals surface area contributed by atoms with Crippen LogP contribution in [0.2, 0.25) is 0 Å². The van der Waals surface area contributed by atoms with E-state index in [1.165, 1.54) is 28.1 Å². The Labute approximate surface area is 178 Å². The molecule has 0 saturated carbocycles. The number of hydrogen-bond acceptors (Lipinski definition) is 1. The Morgan fingerprint density at radius 3 is 2.21 bits per heavy atom. The molecule has 1 aromatic heterocycles. The van der Waals surface area contributed by atoms with Crippen LogP contribution in [0.15, 0.2) is 42.6 Å². The van der Waals surface area contributed by atoms with E-state index in [1.54, 1.807) is 0 Å². The van der Waals surface area contributed by atoms with E-state index in [2.05, 4.69) is 95.6 Å². The number of quaternary nitrogens is 1. The topological polar surface area (TPSA) is 29.6 Å². The standard InChI is InChI=1S/C26H42N2O/c1-20(2)14-16-27(19-25(29)21(3)4)18-24-9-8-15-28(24)17-22-10-12-23(13-11-22)26(5,6)7/h8-13,15,20-21,25,29H,14,16-19H2,1-7H3/p+1/t25-/m1/s1. The van der Waals surface area contributed by atoms with Crippen LogP contribution >= 0.6 is 0 Å². The molecule has 2 atom stereocenters. The molecular formula is C26H43N2O+. The van der Waals surface area contributed by atoms with Crippen LogP contribution in [0.1, 0.15) is 71.7 Å². The van der Waals surface area contributed by atoms with Crippen molar-refractivity contribution < 1.29 is 10.0 Å². The van der Waals surface area contributed by atoms with Crippen LogP contribution in [0.5, 0.6) is 0 Å². The van der Waals surface area contributed by atoms with E-state index >= 15 is 0 Å². The van der Waals surface area contributed by atoms with E-state index < -0.39 is 0 Å². The lowest BCUT2D eigenvalue weighted by atomic mass is 9.87. The van der Waals surface area contributed by atoms with Crippen molar-refractivity contribution in [3.05, 3.63) is 59.4 Å². The molecule has 0 bridgehead atoms. The quantitative estimate of drug-likeness (QED) is 0.613. The van der Waals surface area contributed by atoms with Crippen molar-refractivity contribution in [2.24, 2.45) is 11.8 Å². The predicted molar refractivity (Wildman–Crippen MR) is 123 cm³/mol. The Bertz CT molecular complexity index is 722. The molecule has 1 unspecified atom stereocenters. The lowest BCUT2D eigenvalue weighted by Crippen LogP contribution is -3.12. The van der Waals surface area contributed by atoms with E-state index in [1.807, 2.05) is 0 Å². The minimum atomic E-state index is -0.245. The van der Waals surface area contributed by atoms with Crippen molar-refractivity contribution >= 4 is 0 Å². The third kappa shape index (κ3) is 7.64. The molecule has 0 saturated heterocycles. The van der Waals surface area contributed by atoms with Gasteiger partial charge >= 0.3 is 0 Å². The Balaban J connectivity index is 2.09. The number of benzene rings is 1. The van der Waals surface area contributed by atoms with Gasteiger partial charge in [-0.3, -0.25) is 0 Å². The monoisotopic (exact) mass is 399 g/mol. The van der Waals surface area contributed by atoms with Gasteiger partial charge in [-0.1, -0.05) is 72.7 Å². The van der Waals surface area contributed by atoms with Gasteiger partial charge < -0.3 is 14.6 Å². The zero-order valence-corrected chi connectivity index (χ0v) is 19.7. The molecule has 0 aliphatic heterocycles. The lowest BCUT2D eigenvalue weighted by molar-refractivity contribution is -0.918. The van der Waals surface area contributed by atoms with Crippen molar-refractivity contribution in [1.29, 1.82) is 0 Å². The molecule has 0 fully saturated rings. The molecule has 3 heteroatoms. The Morgan fingerprint density at radius 2 is 1.66 bits per heavy atom. The molecule has 0 aliphatic carbocycles. The molecule has 3 nitrogen and oxygen atoms in total. The Kier molecular flexibility index (Phi) is 8.54. The molecule has 1 heterocycles. The van der Waals surface area contributed by atoms with Crippen LogP contribution in [0.25, 0.3) is 0 Å². The van der Waals surface area contributed by atoms with Gasteiger partial charge in [0.2, 0.25) is 0 Å². The molecular weight excluding hydrogens is 356 g/mol. The van der Waals surface area contributed by atoms with Gasteiger partial charge in [0.1, 0.15) is 19.2 Å². The summed E-state index contributed by atoms with van der Waals surface area (Å²) in [4.78, 5) is 1.47. The van der Waals surface area contributed by atoms with Crippen LogP contribution in [0.3, 0.4) is 0 Å². The summed E-state index contributed by atoms with van der Waals surface area (Å²) in [5.41, 5.74) is 4.25. The largest absolute Gasteiger partial charge is 0.387 e. The molecule has 0 amide bonds. The second-order valence-electron chi connectivity index (χ2n) is 10.4. The second kappa shape index (κ2) is 10.4. The van der Waals surface area contributed by atoms with Gasteiger partial charge in [0.05, 0.1) is 12.2 Å². The maximum absolute atomic E-state index is 10.5. The van der Waals surface area contributed by atoms with Crippen molar-refractivity contribution in [3.63, 3.8) is 0 Å². The highest BCUT2D eigenvalue weighted by molar-refractivity contribution is 5.28. The van der Waals surface area contributed by atoms with Gasteiger partial charge in [0, 0.05) is 12.7 Å². The minimum Gasteiger partial charge on any atom is -0.387 e. The van der Waals surface area contributed by atoms with Crippen LogP contribution in [-0.2, 0) is 18.5 Å². The summed E-state index contributed by atoms with van der Waals surface area (Å²) in [5.74, 6) is 0.992.